The minimum absolute atomic E-state index is 0.139. The summed E-state index contributed by atoms with van der Waals surface area (Å²) in [7, 11) is -3.61. The van der Waals surface area contributed by atoms with Crippen LogP contribution in [0, 0.1) is 5.82 Å². The second-order valence-corrected chi connectivity index (χ2v) is 8.44. The first-order valence-corrected chi connectivity index (χ1v) is 9.80. The first kappa shape index (κ1) is 17.4. The maximum absolute atomic E-state index is 13.1. The zero-order chi connectivity index (χ0) is 17.2. The van der Waals surface area contributed by atoms with Crippen LogP contribution in [-0.2, 0) is 10.0 Å². The van der Waals surface area contributed by atoms with Crippen LogP contribution >= 0.6 is 11.6 Å². The molecular weight excluding hydrogens is 349 g/mol. The Morgan fingerprint density at radius 1 is 1.00 bits per heavy atom. The average Bonchev–Trinajstić information content (AvgIpc) is 2.83. The molecule has 0 aromatic heterocycles. The van der Waals surface area contributed by atoms with Crippen molar-refractivity contribution in [3.8, 4) is 0 Å². The van der Waals surface area contributed by atoms with Crippen molar-refractivity contribution >= 4 is 21.6 Å². The van der Waals surface area contributed by atoms with Crippen LogP contribution in [0.25, 0.3) is 0 Å². The molecule has 0 spiro atoms. The fourth-order valence-electron chi connectivity index (χ4n) is 3.09. The Morgan fingerprint density at radius 3 is 2.33 bits per heavy atom. The Morgan fingerprint density at radius 2 is 1.67 bits per heavy atom. The van der Waals surface area contributed by atoms with Crippen LogP contribution in [0.3, 0.4) is 0 Å². The Kier molecular flexibility index (Phi) is 5.23. The highest BCUT2D eigenvalue weighted by Crippen LogP contribution is 2.30. The number of benzene rings is 2. The molecule has 3 nitrogen and oxygen atoms in total. The third-order valence-corrected chi connectivity index (χ3v) is 6.56. The third-order valence-electron chi connectivity index (χ3n) is 4.43. The summed E-state index contributed by atoms with van der Waals surface area (Å²) in [5, 5.41) is 0.670. The van der Waals surface area contributed by atoms with Crippen LogP contribution in [0.2, 0.25) is 5.02 Å². The van der Waals surface area contributed by atoms with E-state index in [1.165, 1.54) is 28.6 Å². The first-order chi connectivity index (χ1) is 11.5. The van der Waals surface area contributed by atoms with Gasteiger partial charge in [-0.3, -0.25) is 0 Å². The summed E-state index contributed by atoms with van der Waals surface area (Å²) in [4.78, 5) is 0.139. The molecule has 24 heavy (non-hydrogen) atoms. The number of halogens is 2. The van der Waals surface area contributed by atoms with Crippen LogP contribution < -0.4 is 0 Å². The minimum Gasteiger partial charge on any atom is -0.207 e. The molecule has 1 unspecified atom stereocenters. The summed E-state index contributed by atoms with van der Waals surface area (Å²) < 4.78 is 40.3. The van der Waals surface area contributed by atoms with Gasteiger partial charge in [-0.15, -0.1) is 0 Å². The SMILES string of the molecule is O=S(=O)(c1ccc(F)cc1)N1CCCCC(c2ccc(Cl)cc2)C1. The van der Waals surface area contributed by atoms with E-state index in [1.54, 1.807) is 0 Å². The molecule has 0 radical (unpaired) electrons. The summed E-state index contributed by atoms with van der Waals surface area (Å²) in [6.07, 6.45) is 2.74. The van der Waals surface area contributed by atoms with E-state index in [0.29, 0.717) is 18.1 Å². The number of rotatable bonds is 3. The molecule has 0 amide bonds. The maximum atomic E-state index is 13.1. The monoisotopic (exact) mass is 367 g/mol. The Bertz CT molecular complexity index is 791. The zero-order valence-corrected chi connectivity index (χ0v) is 14.7. The van der Waals surface area contributed by atoms with Gasteiger partial charge in [0.25, 0.3) is 0 Å². The quantitative estimate of drug-likeness (QED) is 0.804. The number of hydrogen-bond donors (Lipinski definition) is 0. The van der Waals surface area contributed by atoms with E-state index in [1.807, 2.05) is 24.3 Å². The van der Waals surface area contributed by atoms with E-state index in [4.69, 9.17) is 11.6 Å². The molecule has 1 fully saturated rings. The van der Waals surface area contributed by atoms with Crippen molar-refractivity contribution in [2.75, 3.05) is 13.1 Å². The van der Waals surface area contributed by atoms with Gasteiger partial charge in [0, 0.05) is 18.1 Å². The molecule has 128 valence electrons. The summed E-state index contributed by atoms with van der Waals surface area (Å²) in [6.45, 7) is 0.922. The predicted molar refractivity (Wildman–Crippen MR) is 93.2 cm³/mol. The van der Waals surface area contributed by atoms with E-state index in [9.17, 15) is 12.8 Å². The van der Waals surface area contributed by atoms with Crippen molar-refractivity contribution in [2.45, 2.75) is 30.1 Å². The molecule has 2 aromatic rings. The molecule has 0 bridgehead atoms. The van der Waals surface area contributed by atoms with Gasteiger partial charge in [0.1, 0.15) is 5.82 Å². The fourth-order valence-corrected chi connectivity index (χ4v) is 4.74. The molecule has 1 heterocycles. The van der Waals surface area contributed by atoms with Crippen LogP contribution in [0.5, 0.6) is 0 Å². The van der Waals surface area contributed by atoms with E-state index in [0.717, 1.165) is 24.8 Å². The number of hydrogen-bond acceptors (Lipinski definition) is 2. The Hall–Kier alpha value is -1.43. The van der Waals surface area contributed by atoms with Gasteiger partial charge < -0.3 is 0 Å². The highest BCUT2D eigenvalue weighted by atomic mass is 35.5. The van der Waals surface area contributed by atoms with Crippen LogP contribution in [0.1, 0.15) is 30.7 Å². The summed E-state index contributed by atoms with van der Waals surface area (Å²) in [5.41, 5.74) is 1.10. The van der Waals surface area contributed by atoms with Gasteiger partial charge in [0.2, 0.25) is 10.0 Å². The Labute approximate surface area is 147 Å². The fraction of sp³-hybridized carbons (Fsp3) is 0.333. The molecule has 0 N–H and O–H groups in total. The van der Waals surface area contributed by atoms with Gasteiger partial charge in [-0.05, 0) is 60.7 Å². The highest BCUT2D eigenvalue weighted by molar-refractivity contribution is 7.89. The smallest absolute Gasteiger partial charge is 0.207 e. The van der Waals surface area contributed by atoms with Gasteiger partial charge in [-0.1, -0.05) is 30.2 Å². The van der Waals surface area contributed by atoms with Gasteiger partial charge in [-0.25, -0.2) is 12.8 Å². The van der Waals surface area contributed by atoms with E-state index < -0.39 is 15.8 Å². The summed E-state index contributed by atoms with van der Waals surface area (Å²) in [5.74, 6) is -0.302. The normalized spacial score (nSPS) is 19.8. The predicted octanol–water partition coefficient (Wildman–Crippen LogP) is 4.44. The average molecular weight is 368 g/mol. The van der Waals surface area contributed by atoms with Crippen LogP contribution in [0.15, 0.2) is 53.4 Å². The maximum Gasteiger partial charge on any atom is 0.243 e. The summed E-state index contributed by atoms with van der Waals surface area (Å²) >= 11 is 5.94. The van der Waals surface area contributed by atoms with Crippen LogP contribution in [0.4, 0.5) is 4.39 Å². The van der Waals surface area contributed by atoms with Gasteiger partial charge in [-0.2, -0.15) is 4.31 Å². The molecule has 1 aliphatic heterocycles. The van der Waals surface area contributed by atoms with Crippen LogP contribution in [-0.4, -0.2) is 25.8 Å². The van der Waals surface area contributed by atoms with Gasteiger partial charge in [0.15, 0.2) is 0 Å². The summed E-state index contributed by atoms with van der Waals surface area (Å²) in [6, 6.07) is 12.6. The van der Waals surface area contributed by atoms with Gasteiger partial charge >= 0.3 is 0 Å². The lowest BCUT2D eigenvalue weighted by atomic mass is 9.95. The standard InChI is InChI=1S/C18H19ClFNO2S/c19-16-6-4-14(5-7-16)15-3-1-2-12-21(13-15)24(22,23)18-10-8-17(20)9-11-18/h4-11,15H,1-3,12-13H2. The topological polar surface area (TPSA) is 37.4 Å². The molecule has 6 heteroatoms. The second kappa shape index (κ2) is 7.21. The van der Waals surface area contributed by atoms with E-state index in [2.05, 4.69) is 0 Å². The molecule has 1 saturated heterocycles. The first-order valence-electron chi connectivity index (χ1n) is 7.98. The molecule has 1 atom stereocenters. The zero-order valence-electron chi connectivity index (χ0n) is 13.2. The lowest BCUT2D eigenvalue weighted by molar-refractivity contribution is 0.406. The molecule has 1 aliphatic rings. The minimum atomic E-state index is -3.61. The van der Waals surface area contributed by atoms with Crippen molar-refractivity contribution in [3.63, 3.8) is 0 Å². The lowest BCUT2D eigenvalue weighted by Gasteiger charge is -2.24. The largest absolute Gasteiger partial charge is 0.243 e. The molecule has 0 aliphatic carbocycles. The molecule has 2 aromatic carbocycles. The molecule has 0 saturated carbocycles. The van der Waals surface area contributed by atoms with Crippen molar-refractivity contribution in [3.05, 3.63) is 64.9 Å². The van der Waals surface area contributed by atoms with E-state index in [-0.39, 0.29) is 10.8 Å². The van der Waals surface area contributed by atoms with Gasteiger partial charge in [0.05, 0.1) is 4.90 Å². The third kappa shape index (κ3) is 3.79. The van der Waals surface area contributed by atoms with Crippen molar-refractivity contribution in [1.82, 2.24) is 4.31 Å². The van der Waals surface area contributed by atoms with E-state index >= 15 is 0 Å². The lowest BCUT2D eigenvalue weighted by Crippen LogP contribution is -2.34. The highest BCUT2D eigenvalue weighted by Gasteiger charge is 2.29. The second-order valence-electron chi connectivity index (χ2n) is 6.06. The molecule has 3 rings (SSSR count). The molecular formula is C18H19ClFNO2S. The van der Waals surface area contributed by atoms with Crippen molar-refractivity contribution in [2.24, 2.45) is 0 Å². The number of nitrogens with zero attached hydrogens (tertiary/aromatic N) is 1. The van der Waals surface area contributed by atoms with Crippen molar-refractivity contribution < 1.29 is 12.8 Å². The van der Waals surface area contributed by atoms with Crippen molar-refractivity contribution in [1.29, 1.82) is 0 Å². The number of sulfonamides is 1. The Balaban J connectivity index is 1.86.